The number of carbonyl (C=O) groups is 1. The van der Waals surface area contributed by atoms with Gasteiger partial charge in [-0.2, -0.15) is 0 Å². The van der Waals surface area contributed by atoms with Crippen molar-refractivity contribution in [3.63, 3.8) is 0 Å². The Hall–Kier alpha value is -1.55. The molecule has 1 amide bonds. The summed E-state index contributed by atoms with van der Waals surface area (Å²) in [4.78, 5) is 16.4. The number of nitrogens with one attached hydrogen (secondary N) is 1. The molecule has 1 aliphatic heterocycles. The second-order valence-corrected chi connectivity index (χ2v) is 6.90. The van der Waals surface area contributed by atoms with Crippen molar-refractivity contribution in [3.8, 4) is 0 Å². The van der Waals surface area contributed by atoms with E-state index in [0.29, 0.717) is 10.0 Å². The number of ether oxygens (including phenoxy) is 1. The first-order valence-corrected chi connectivity index (χ1v) is 8.86. The van der Waals surface area contributed by atoms with Crippen molar-refractivity contribution in [3.05, 3.63) is 50.9 Å². The second kappa shape index (κ2) is 7.77. The van der Waals surface area contributed by atoms with Crippen LogP contribution in [0.15, 0.2) is 29.6 Å². The summed E-state index contributed by atoms with van der Waals surface area (Å²) in [7, 11) is 0. The standard InChI is InChI=1S/C16H17ClN2O5S/c17-9-4-2-1-3-8(9)5-18-15(23)10-7-25-16(19-10)14-13(22)12(21)11(6-20)24-14/h1-4,7,11-14,20-22H,5-6H2,(H,18,23)/t11-,12-,13-,14-/m1/s1. The van der Waals surface area contributed by atoms with E-state index >= 15 is 0 Å². The Morgan fingerprint density at radius 2 is 2.08 bits per heavy atom. The first kappa shape index (κ1) is 18.2. The molecule has 1 aliphatic rings. The maximum absolute atomic E-state index is 12.2. The Morgan fingerprint density at radius 3 is 2.76 bits per heavy atom. The molecule has 1 saturated heterocycles. The molecule has 9 heteroatoms. The van der Waals surface area contributed by atoms with Gasteiger partial charge < -0.3 is 25.4 Å². The van der Waals surface area contributed by atoms with Crippen molar-refractivity contribution in [1.82, 2.24) is 10.3 Å². The molecule has 4 atom stereocenters. The number of amides is 1. The lowest BCUT2D eigenvalue weighted by molar-refractivity contribution is -0.0228. The van der Waals surface area contributed by atoms with Crippen LogP contribution in [0.3, 0.4) is 0 Å². The molecule has 7 nitrogen and oxygen atoms in total. The SMILES string of the molecule is O=C(NCc1ccccc1Cl)c1csc([C@@H]2O[C@H](CO)[C@@H](O)[C@H]2O)n1. The normalized spacial score (nSPS) is 25.9. The quantitative estimate of drug-likeness (QED) is 0.609. The highest BCUT2D eigenvalue weighted by Crippen LogP contribution is 2.35. The average Bonchev–Trinajstić information content (AvgIpc) is 3.20. The Bertz CT molecular complexity index is 756. The summed E-state index contributed by atoms with van der Waals surface area (Å²) in [6.45, 7) is -0.148. The van der Waals surface area contributed by atoms with Gasteiger partial charge in [-0.05, 0) is 11.6 Å². The first-order chi connectivity index (χ1) is 12.0. The van der Waals surface area contributed by atoms with Crippen molar-refractivity contribution in [2.75, 3.05) is 6.61 Å². The number of carbonyl (C=O) groups excluding carboxylic acids is 1. The Kier molecular flexibility index (Phi) is 5.67. The number of thiazole rings is 1. The molecule has 0 bridgehead atoms. The lowest BCUT2D eigenvalue weighted by Gasteiger charge is -2.11. The van der Waals surface area contributed by atoms with Gasteiger partial charge >= 0.3 is 0 Å². The number of aromatic nitrogens is 1. The number of hydrogen-bond donors (Lipinski definition) is 4. The van der Waals surface area contributed by atoms with E-state index in [1.54, 1.807) is 17.5 Å². The fourth-order valence-electron chi connectivity index (χ4n) is 2.53. The summed E-state index contributed by atoms with van der Waals surface area (Å²) in [6, 6.07) is 7.19. The topological polar surface area (TPSA) is 112 Å². The van der Waals surface area contributed by atoms with Crippen LogP contribution < -0.4 is 5.32 Å². The predicted octanol–water partition coefficient (Wildman–Crippen LogP) is 0.880. The zero-order valence-electron chi connectivity index (χ0n) is 13.0. The fraction of sp³-hybridized carbons (Fsp3) is 0.375. The van der Waals surface area contributed by atoms with E-state index in [1.807, 2.05) is 12.1 Å². The third-order valence-corrected chi connectivity index (χ3v) is 5.21. The van der Waals surface area contributed by atoms with Gasteiger partial charge in [0.1, 0.15) is 35.1 Å². The van der Waals surface area contributed by atoms with E-state index in [9.17, 15) is 15.0 Å². The molecule has 2 aromatic rings. The number of aliphatic hydroxyl groups excluding tert-OH is 3. The van der Waals surface area contributed by atoms with Gasteiger partial charge in [-0.15, -0.1) is 11.3 Å². The molecular formula is C16H17ClN2O5S. The van der Waals surface area contributed by atoms with Gasteiger partial charge in [0.15, 0.2) is 0 Å². The Morgan fingerprint density at radius 1 is 1.32 bits per heavy atom. The smallest absolute Gasteiger partial charge is 0.271 e. The van der Waals surface area contributed by atoms with E-state index in [4.69, 9.17) is 21.4 Å². The third-order valence-electron chi connectivity index (χ3n) is 3.94. The molecule has 134 valence electrons. The van der Waals surface area contributed by atoms with Crippen LogP contribution in [-0.4, -0.2) is 51.1 Å². The monoisotopic (exact) mass is 384 g/mol. The van der Waals surface area contributed by atoms with Gasteiger partial charge in [-0.25, -0.2) is 4.98 Å². The maximum Gasteiger partial charge on any atom is 0.271 e. The lowest BCUT2D eigenvalue weighted by atomic mass is 10.1. The van der Waals surface area contributed by atoms with Crippen LogP contribution in [0.25, 0.3) is 0 Å². The fourth-order valence-corrected chi connectivity index (χ4v) is 3.61. The van der Waals surface area contributed by atoms with Gasteiger partial charge in [0, 0.05) is 16.9 Å². The van der Waals surface area contributed by atoms with Crippen LogP contribution in [0.2, 0.25) is 5.02 Å². The molecule has 4 N–H and O–H groups in total. The van der Waals surface area contributed by atoms with Crippen LogP contribution in [0, 0.1) is 0 Å². The minimum atomic E-state index is -1.21. The van der Waals surface area contributed by atoms with Crippen LogP contribution in [0.1, 0.15) is 27.2 Å². The molecule has 2 heterocycles. The number of nitrogens with zero attached hydrogens (tertiary/aromatic N) is 1. The zero-order chi connectivity index (χ0) is 18.0. The number of halogens is 1. The van der Waals surface area contributed by atoms with E-state index in [0.717, 1.165) is 16.9 Å². The average molecular weight is 385 g/mol. The van der Waals surface area contributed by atoms with Crippen molar-refractivity contribution < 1.29 is 24.9 Å². The third kappa shape index (κ3) is 3.84. The molecule has 0 spiro atoms. The summed E-state index contributed by atoms with van der Waals surface area (Å²) < 4.78 is 5.41. The first-order valence-electron chi connectivity index (χ1n) is 7.60. The molecule has 0 radical (unpaired) electrons. The maximum atomic E-state index is 12.2. The van der Waals surface area contributed by atoms with E-state index in [-0.39, 0.29) is 18.1 Å². The van der Waals surface area contributed by atoms with Crippen LogP contribution in [-0.2, 0) is 11.3 Å². The van der Waals surface area contributed by atoms with Gasteiger partial charge in [0.2, 0.25) is 0 Å². The summed E-state index contributed by atoms with van der Waals surface area (Å²) in [5.41, 5.74) is 0.973. The molecular weight excluding hydrogens is 368 g/mol. The lowest BCUT2D eigenvalue weighted by Crippen LogP contribution is -2.32. The molecule has 1 fully saturated rings. The summed E-state index contributed by atoms with van der Waals surface area (Å²) in [5, 5.41) is 34.1. The van der Waals surface area contributed by atoms with Gasteiger partial charge in [0.05, 0.1) is 6.61 Å². The van der Waals surface area contributed by atoms with Crippen LogP contribution in [0.4, 0.5) is 0 Å². The van der Waals surface area contributed by atoms with E-state index in [1.165, 1.54) is 0 Å². The highest BCUT2D eigenvalue weighted by molar-refractivity contribution is 7.09. The van der Waals surface area contributed by atoms with Gasteiger partial charge in [-0.1, -0.05) is 29.8 Å². The molecule has 0 aliphatic carbocycles. The Balaban J connectivity index is 1.65. The zero-order valence-corrected chi connectivity index (χ0v) is 14.6. The summed E-state index contributed by atoms with van der Waals surface area (Å²) in [5.74, 6) is -0.380. The molecule has 3 rings (SSSR count). The molecule has 25 heavy (non-hydrogen) atoms. The van der Waals surface area contributed by atoms with E-state index in [2.05, 4.69) is 10.3 Å². The minimum Gasteiger partial charge on any atom is -0.394 e. The number of aliphatic hydroxyl groups is 3. The van der Waals surface area contributed by atoms with Crippen molar-refractivity contribution in [1.29, 1.82) is 0 Å². The molecule has 0 saturated carbocycles. The van der Waals surface area contributed by atoms with Crippen LogP contribution in [0.5, 0.6) is 0 Å². The highest BCUT2D eigenvalue weighted by atomic mass is 35.5. The largest absolute Gasteiger partial charge is 0.394 e. The molecule has 0 unspecified atom stereocenters. The molecule has 1 aromatic heterocycles. The second-order valence-electron chi connectivity index (χ2n) is 5.60. The summed E-state index contributed by atoms with van der Waals surface area (Å²) >= 11 is 7.19. The predicted molar refractivity (Wildman–Crippen MR) is 91.4 cm³/mol. The number of rotatable bonds is 5. The number of hydrogen-bond acceptors (Lipinski definition) is 7. The summed E-state index contributed by atoms with van der Waals surface area (Å²) in [6.07, 6.45) is -4.15. The number of benzene rings is 1. The van der Waals surface area contributed by atoms with Gasteiger partial charge in [-0.3, -0.25) is 4.79 Å². The molecule has 1 aromatic carbocycles. The highest BCUT2D eigenvalue weighted by Gasteiger charge is 2.44. The van der Waals surface area contributed by atoms with Crippen molar-refractivity contribution >= 4 is 28.8 Å². The Labute approximate surface area is 152 Å². The van der Waals surface area contributed by atoms with Crippen molar-refractivity contribution in [2.24, 2.45) is 0 Å². The van der Waals surface area contributed by atoms with Gasteiger partial charge in [0.25, 0.3) is 5.91 Å². The van der Waals surface area contributed by atoms with Crippen molar-refractivity contribution in [2.45, 2.75) is 31.0 Å². The van der Waals surface area contributed by atoms with Crippen LogP contribution >= 0.6 is 22.9 Å². The minimum absolute atomic E-state index is 0.185. The van der Waals surface area contributed by atoms with E-state index < -0.39 is 31.0 Å².